The van der Waals surface area contributed by atoms with Gasteiger partial charge in [0.1, 0.15) is 0 Å². The van der Waals surface area contributed by atoms with Crippen LogP contribution in [0.3, 0.4) is 0 Å². The van der Waals surface area contributed by atoms with E-state index in [4.69, 9.17) is 0 Å². The minimum absolute atomic E-state index is 0.0959. The second-order valence-electron chi connectivity index (χ2n) is 6.09. The normalized spacial score (nSPS) is 14.4. The summed E-state index contributed by atoms with van der Waals surface area (Å²) < 4.78 is 27.5. The lowest BCUT2D eigenvalue weighted by Crippen LogP contribution is -2.26. The zero-order valence-corrected chi connectivity index (χ0v) is 14.3. The van der Waals surface area contributed by atoms with E-state index in [1.54, 1.807) is 12.1 Å². The molecule has 6 heteroatoms. The quantitative estimate of drug-likeness (QED) is 0.845. The first kappa shape index (κ1) is 16.7. The molecular weight excluding hydrogens is 324 g/mol. The van der Waals surface area contributed by atoms with Crippen LogP contribution >= 0.6 is 0 Å². The van der Waals surface area contributed by atoms with Crippen molar-refractivity contribution in [2.75, 3.05) is 0 Å². The SMILES string of the molecule is Cc1cccc(CNS(=O)(=O)c2cccc(C(=O)NC3CC3)c2)c1. The van der Waals surface area contributed by atoms with Crippen LogP contribution in [0, 0.1) is 6.92 Å². The Morgan fingerprint density at radius 1 is 1.12 bits per heavy atom. The first-order chi connectivity index (χ1) is 11.4. The van der Waals surface area contributed by atoms with Crippen LogP contribution in [0.15, 0.2) is 53.4 Å². The van der Waals surface area contributed by atoms with Crippen LogP contribution in [0.4, 0.5) is 0 Å². The Labute approximate surface area is 142 Å². The van der Waals surface area contributed by atoms with Gasteiger partial charge in [0.25, 0.3) is 5.91 Å². The summed E-state index contributed by atoms with van der Waals surface area (Å²) in [6.45, 7) is 2.17. The van der Waals surface area contributed by atoms with Gasteiger partial charge in [0.2, 0.25) is 10.0 Å². The van der Waals surface area contributed by atoms with Crippen molar-refractivity contribution in [1.29, 1.82) is 0 Å². The third kappa shape index (κ3) is 4.21. The standard InChI is InChI=1S/C18H20N2O3S/c1-13-4-2-5-14(10-13)12-19-24(22,23)17-7-3-6-15(11-17)18(21)20-16-8-9-16/h2-7,10-11,16,19H,8-9,12H2,1H3,(H,20,21). The van der Waals surface area contributed by atoms with Crippen LogP contribution in [-0.4, -0.2) is 20.4 Å². The number of sulfonamides is 1. The van der Waals surface area contributed by atoms with Gasteiger partial charge in [-0.25, -0.2) is 13.1 Å². The first-order valence-electron chi connectivity index (χ1n) is 7.90. The Bertz CT molecular complexity index is 858. The Balaban J connectivity index is 1.72. The second kappa shape index (κ2) is 6.75. The number of carbonyl (C=O) groups is 1. The molecule has 0 spiro atoms. The highest BCUT2D eigenvalue weighted by molar-refractivity contribution is 7.89. The van der Waals surface area contributed by atoms with Gasteiger partial charge in [-0.05, 0) is 43.5 Å². The third-order valence-electron chi connectivity index (χ3n) is 3.87. The maximum absolute atomic E-state index is 12.5. The molecule has 2 aromatic rings. The van der Waals surface area contributed by atoms with E-state index in [9.17, 15) is 13.2 Å². The van der Waals surface area contributed by atoms with Gasteiger partial charge >= 0.3 is 0 Å². The van der Waals surface area contributed by atoms with Crippen LogP contribution in [-0.2, 0) is 16.6 Å². The number of nitrogens with one attached hydrogen (secondary N) is 2. The van der Waals surface area contributed by atoms with Crippen LogP contribution in [0.1, 0.15) is 34.3 Å². The number of amides is 1. The molecule has 1 amide bonds. The molecule has 0 unspecified atom stereocenters. The third-order valence-corrected chi connectivity index (χ3v) is 5.27. The molecular formula is C18H20N2O3S. The van der Waals surface area contributed by atoms with Crippen molar-refractivity contribution in [3.63, 3.8) is 0 Å². The number of aryl methyl sites for hydroxylation is 1. The van der Waals surface area contributed by atoms with Gasteiger partial charge in [-0.15, -0.1) is 0 Å². The van der Waals surface area contributed by atoms with Crippen LogP contribution < -0.4 is 10.0 Å². The summed E-state index contributed by atoms with van der Waals surface area (Å²) in [5.74, 6) is -0.228. The minimum atomic E-state index is -3.67. The van der Waals surface area contributed by atoms with Crippen molar-refractivity contribution in [2.45, 2.75) is 37.2 Å². The molecule has 0 aliphatic heterocycles. The van der Waals surface area contributed by atoms with E-state index in [1.807, 2.05) is 31.2 Å². The zero-order chi connectivity index (χ0) is 17.2. The average Bonchev–Trinajstić information content (AvgIpc) is 3.37. The summed E-state index contributed by atoms with van der Waals surface area (Å²) in [6, 6.07) is 14.0. The molecule has 1 aliphatic carbocycles. The molecule has 24 heavy (non-hydrogen) atoms. The van der Waals surface area contributed by atoms with Crippen molar-refractivity contribution in [2.24, 2.45) is 0 Å². The molecule has 1 saturated carbocycles. The number of hydrogen-bond acceptors (Lipinski definition) is 3. The zero-order valence-electron chi connectivity index (χ0n) is 13.5. The molecule has 0 radical (unpaired) electrons. The van der Waals surface area contributed by atoms with Crippen molar-refractivity contribution in [3.8, 4) is 0 Å². The topological polar surface area (TPSA) is 75.3 Å². The van der Waals surface area contributed by atoms with Gasteiger partial charge in [-0.2, -0.15) is 0 Å². The maximum atomic E-state index is 12.5. The number of hydrogen-bond donors (Lipinski definition) is 2. The average molecular weight is 344 g/mol. The van der Waals surface area contributed by atoms with Gasteiger partial charge in [0.05, 0.1) is 4.90 Å². The largest absolute Gasteiger partial charge is 0.349 e. The van der Waals surface area contributed by atoms with Gasteiger partial charge in [-0.1, -0.05) is 35.9 Å². The van der Waals surface area contributed by atoms with Gasteiger partial charge in [0, 0.05) is 18.2 Å². The van der Waals surface area contributed by atoms with Crippen LogP contribution in [0.25, 0.3) is 0 Å². The molecule has 0 aromatic heterocycles. The monoisotopic (exact) mass is 344 g/mol. The summed E-state index contributed by atoms with van der Waals surface area (Å²) in [4.78, 5) is 12.2. The van der Waals surface area contributed by atoms with Crippen molar-refractivity contribution < 1.29 is 13.2 Å². The molecule has 126 valence electrons. The smallest absolute Gasteiger partial charge is 0.251 e. The van der Waals surface area contributed by atoms with Crippen molar-refractivity contribution in [3.05, 3.63) is 65.2 Å². The molecule has 0 saturated heterocycles. The lowest BCUT2D eigenvalue weighted by molar-refractivity contribution is 0.0951. The second-order valence-corrected chi connectivity index (χ2v) is 7.86. The highest BCUT2D eigenvalue weighted by atomic mass is 32.2. The van der Waals surface area contributed by atoms with E-state index in [-0.39, 0.29) is 23.4 Å². The highest BCUT2D eigenvalue weighted by Crippen LogP contribution is 2.20. The summed E-state index contributed by atoms with van der Waals surface area (Å²) >= 11 is 0. The number of benzene rings is 2. The highest BCUT2D eigenvalue weighted by Gasteiger charge is 2.24. The molecule has 2 N–H and O–H groups in total. The van der Waals surface area contributed by atoms with E-state index < -0.39 is 10.0 Å². The molecule has 0 heterocycles. The van der Waals surface area contributed by atoms with E-state index >= 15 is 0 Å². The fourth-order valence-electron chi connectivity index (χ4n) is 2.38. The Morgan fingerprint density at radius 2 is 1.88 bits per heavy atom. The fraction of sp³-hybridized carbons (Fsp3) is 0.278. The Kier molecular flexibility index (Phi) is 4.69. The summed E-state index contributed by atoms with van der Waals surface area (Å²) in [5.41, 5.74) is 2.33. The van der Waals surface area contributed by atoms with E-state index in [0.29, 0.717) is 5.56 Å². The van der Waals surface area contributed by atoms with E-state index in [0.717, 1.165) is 24.0 Å². The van der Waals surface area contributed by atoms with Gasteiger partial charge < -0.3 is 5.32 Å². The lowest BCUT2D eigenvalue weighted by Gasteiger charge is -2.09. The molecule has 1 fully saturated rings. The van der Waals surface area contributed by atoms with E-state index in [2.05, 4.69) is 10.0 Å². The Hall–Kier alpha value is -2.18. The number of rotatable bonds is 6. The van der Waals surface area contributed by atoms with Crippen molar-refractivity contribution >= 4 is 15.9 Å². The molecule has 1 aliphatic rings. The Morgan fingerprint density at radius 3 is 2.58 bits per heavy atom. The molecule has 3 rings (SSSR count). The number of carbonyl (C=O) groups excluding carboxylic acids is 1. The van der Waals surface area contributed by atoms with Gasteiger partial charge in [0.15, 0.2) is 0 Å². The predicted octanol–water partition coefficient (Wildman–Crippen LogP) is 2.37. The maximum Gasteiger partial charge on any atom is 0.251 e. The fourth-order valence-corrected chi connectivity index (χ4v) is 3.45. The van der Waals surface area contributed by atoms with Crippen LogP contribution in [0.2, 0.25) is 0 Å². The molecule has 5 nitrogen and oxygen atoms in total. The van der Waals surface area contributed by atoms with Gasteiger partial charge in [-0.3, -0.25) is 4.79 Å². The first-order valence-corrected chi connectivity index (χ1v) is 9.38. The summed E-state index contributed by atoms with van der Waals surface area (Å²) in [6.07, 6.45) is 1.98. The molecule has 0 atom stereocenters. The summed E-state index contributed by atoms with van der Waals surface area (Å²) in [7, 11) is -3.67. The predicted molar refractivity (Wildman–Crippen MR) is 92.1 cm³/mol. The molecule has 2 aromatic carbocycles. The van der Waals surface area contributed by atoms with E-state index in [1.165, 1.54) is 12.1 Å². The minimum Gasteiger partial charge on any atom is -0.349 e. The lowest BCUT2D eigenvalue weighted by atomic mass is 10.1. The summed E-state index contributed by atoms with van der Waals surface area (Å²) in [5, 5.41) is 2.86. The van der Waals surface area contributed by atoms with Crippen LogP contribution in [0.5, 0.6) is 0 Å². The van der Waals surface area contributed by atoms with Crippen molar-refractivity contribution in [1.82, 2.24) is 10.0 Å². The molecule has 0 bridgehead atoms.